The molecule has 5 nitrogen and oxygen atoms in total. The quantitative estimate of drug-likeness (QED) is 0.887. The van der Waals surface area contributed by atoms with Crippen LogP contribution in [0.5, 0.6) is 0 Å². The van der Waals surface area contributed by atoms with Crippen LogP contribution in [0, 0.1) is 6.92 Å². The lowest BCUT2D eigenvalue weighted by molar-refractivity contribution is -0.0697. The molecule has 1 aliphatic heterocycles. The summed E-state index contributed by atoms with van der Waals surface area (Å²) >= 11 is 0. The summed E-state index contributed by atoms with van der Waals surface area (Å²) in [6, 6.07) is 0.358. The molecule has 1 saturated heterocycles. The van der Waals surface area contributed by atoms with E-state index >= 15 is 0 Å². The minimum absolute atomic E-state index is 0.0533. The summed E-state index contributed by atoms with van der Waals surface area (Å²) in [7, 11) is 0. The van der Waals surface area contributed by atoms with Gasteiger partial charge in [0.15, 0.2) is 5.82 Å². The van der Waals surface area contributed by atoms with Crippen LogP contribution in [0.2, 0.25) is 0 Å². The predicted molar refractivity (Wildman–Crippen MR) is 68.4 cm³/mol. The van der Waals surface area contributed by atoms with E-state index in [-0.39, 0.29) is 11.2 Å². The SMILES string of the molecule is Cc1noc(CCNC2CC(C)(C)OC2(C)C)n1. The van der Waals surface area contributed by atoms with E-state index in [1.54, 1.807) is 0 Å². The molecule has 0 bridgehead atoms. The number of hydrogen-bond acceptors (Lipinski definition) is 5. The summed E-state index contributed by atoms with van der Waals surface area (Å²) in [5.74, 6) is 1.38. The van der Waals surface area contributed by atoms with Crippen LogP contribution in [0.1, 0.15) is 45.8 Å². The van der Waals surface area contributed by atoms with Crippen molar-refractivity contribution >= 4 is 0 Å². The van der Waals surface area contributed by atoms with Gasteiger partial charge in [-0.1, -0.05) is 5.16 Å². The van der Waals surface area contributed by atoms with Gasteiger partial charge in [0.1, 0.15) is 0 Å². The van der Waals surface area contributed by atoms with E-state index in [1.165, 1.54) is 0 Å². The Balaban J connectivity index is 1.83. The third kappa shape index (κ3) is 3.09. The van der Waals surface area contributed by atoms with Crippen molar-refractivity contribution < 1.29 is 9.26 Å². The average Bonchev–Trinajstić information content (AvgIpc) is 2.68. The van der Waals surface area contributed by atoms with E-state index in [4.69, 9.17) is 9.26 Å². The Morgan fingerprint density at radius 2 is 2.06 bits per heavy atom. The molecule has 1 atom stereocenters. The summed E-state index contributed by atoms with van der Waals surface area (Å²) in [5.41, 5.74) is -0.184. The maximum absolute atomic E-state index is 6.04. The topological polar surface area (TPSA) is 60.2 Å². The molecule has 1 aliphatic rings. The van der Waals surface area contributed by atoms with Crippen LogP contribution in [0.15, 0.2) is 4.52 Å². The fraction of sp³-hybridized carbons (Fsp3) is 0.846. The first-order chi connectivity index (χ1) is 8.28. The molecule has 18 heavy (non-hydrogen) atoms. The second-order valence-corrected chi connectivity index (χ2v) is 6.16. The van der Waals surface area contributed by atoms with Crippen LogP contribution in [0.3, 0.4) is 0 Å². The van der Waals surface area contributed by atoms with Gasteiger partial charge in [0, 0.05) is 19.0 Å². The molecule has 0 radical (unpaired) electrons. The van der Waals surface area contributed by atoms with Crippen molar-refractivity contribution in [2.45, 2.75) is 64.7 Å². The summed E-state index contributed by atoms with van der Waals surface area (Å²) in [6.45, 7) is 11.2. The standard InChI is InChI=1S/C13H23N3O2/c1-9-15-11(17-16-9)6-7-14-10-8-12(2,3)18-13(10,4)5/h10,14H,6-8H2,1-5H3. The van der Waals surface area contributed by atoms with E-state index < -0.39 is 0 Å². The highest BCUT2D eigenvalue weighted by Gasteiger charge is 2.45. The van der Waals surface area contributed by atoms with Gasteiger partial charge in [-0.15, -0.1) is 0 Å². The van der Waals surface area contributed by atoms with Crippen LogP contribution < -0.4 is 5.32 Å². The van der Waals surface area contributed by atoms with Crippen molar-refractivity contribution in [2.24, 2.45) is 0 Å². The maximum atomic E-state index is 6.04. The van der Waals surface area contributed by atoms with E-state index in [9.17, 15) is 0 Å². The molecular formula is C13H23N3O2. The monoisotopic (exact) mass is 253 g/mol. The van der Waals surface area contributed by atoms with Crippen LogP contribution in [0.4, 0.5) is 0 Å². The average molecular weight is 253 g/mol. The van der Waals surface area contributed by atoms with Crippen molar-refractivity contribution in [3.63, 3.8) is 0 Å². The van der Waals surface area contributed by atoms with Crippen LogP contribution in [-0.2, 0) is 11.2 Å². The molecule has 0 spiro atoms. The maximum Gasteiger partial charge on any atom is 0.227 e. The zero-order valence-electron chi connectivity index (χ0n) is 11.9. The van der Waals surface area contributed by atoms with Crippen LogP contribution in [0.25, 0.3) is 0 Å². The lowest BCUT2D eigenvalue weighted by Crippen LogP contribution is -2.44. The fourth-order valence-electron chi connectivity index (χ4n) is 2.68. The number of rotatable bonds is 4. The molecule has 2 heterocycles. The Hall–Kier alpha value is -0.940. The van der Waals surface area contributed by atoms with Gasteiger partial charge in [0.2, 0.25) is 5.89 Å². The molecule has 0 saturated carbocycles. The van der Waals surface area contributed by atoms with Gasteiger partial charge in [0.25, 0.3) is 0 Å². The number of aromatic nitrogens is 2. The fourth-order valence-corrected chi connectivity index (χ4v) is 2.68. The van der Waals surface area contributed by atoms with E-state index in [0.717, 1.165) is 19.4 Å². The highest BCUT2D eigenvalue weighted by Crippen LogP contribution is 2.37. The minimum atomic E-state index is -0.131. The van der Waals surface area contributed by atoms with Crippen LogP contribution >= 0.6 is 0 Å². The van der Waals surface area contributed by atoms with E-state index in [2.05, 4.69) is 43.2 Å². The number of hydrogen-bond donors (Lipinski definition) is 1. The van der Waals surface area contributed by atoms with Gasteiger partial charge in [-0.05, 0) is 41.0 Å². The largest absolute Gasteiger partial charge is 0.368 e. The molecule has 1 aromatic rings. The second kappa shape index (κ2) is 4.63. The first-order valence-corrected chi connectivity index (χ1v) is 6.51. The molecule has 1 unspecified atom stereocenters. The van der Waals surface area contributed by atoms with Crippen molar-refractivity contribution in [1.29, 1.82) is 0 Å². The Morgan fingerprint density at radius 1 is 1.33 bits per heavy atom. The highest BCUT2D eigenvalue weighted by molar-refractivity contribution is 4.99. The summed E-state index contributed by atoms with van der Waals surface area (Å²) in [5, 5.41) is 7.31. The first kappa shape index (κ1) is 13.5. The third-order valence-corrected chi connectivity index (χ3v) is 3.37. The van der Waals surface area contributed by atoms with Crippen molar-refractivity contribution in [1.82, 2.24) is 15.5 Å². The molecule has 102 valence electrons. The molecule has 1 fully saturated rings. The van der Waals surface area contributed by atoms with Crippen molar-refractivity contribution in [2.75, 3.05) is 6.54 Å². The summed E-state index contributed by atoms with van der Waals surface area (Å²) in [6.07, 6.45) is 1.77. The molecule has 1 aromatic heterocycles. The Labute approximate surface area is 108 Å². The van der Waals surface area contributed by atoms with Gasteiger partial charge < -0.3 is 14.6 Å². The Bertz CT molecular complexity index is 412. The minimum Gasteiger partial charge on any atom is -0.368 e. The zero-order chi connectivity index (χ0) is 13.4. The summed E-state index contributed by atoms with van der Waals surface area (Å²) < 4.78 is 11.1. The van der Waals surface area contributed by atoms with Gasteiger partial charge in [-0.25, -0.2) is 0 Å². The Morgan fingerprint density at radius 3 is 2.56 bits per heavy atom. The normalized spacial score (nSPS) is 25.5. The highest BCUT2D eigenvalue weighted by atomic mass is 16.5. The number of ether oxygens (including phenoxy) is 1. The third-order valence-electron chi connectivity index (χ3n) is 3.37. The number of nitrogens with one attached hydrogen (secondary N) is 1. The van der Waals surface area contributed by atoms with Crippen LogP contribution in [-0.4, -0.2) is 33.9 Å². The molecular weight excluding hydrogens is 230 g/mol. The van der Waals surface area contributed by atoms with E-state index in [1.807, 2.05) is 6.92 Å². The molecule has 0 aromatic carbocycles. The van der Waals surface area contributed by atoms with Gasteiger partial charge in [0.05, 0.1) is 11.2 Å². The molecule has 0 aliphatic carbocycles. The van der Waals surface area contributed by atoms with Gasteiger partial charge in [-0.3, -0.25) is 0 Å². The Kier molecular flexibility index (Phi) is 3.47. The number of nitrogens with zero attached hydrogens (tertiary/aromatic N) is 2. The molecule has 5 heteroatoms. The van der Waals surface area contributed by atoms with Gasteiger partial charge in [-0.2, -0.15) is 4.98 Å². The molecule has 1 N–H and O–H groups in total. The first-order valence-electron chi connectivity index (χ1n) is 6.51. The molecule has 2 rings (SSSR count). The second-order valence-electron chi connectivity index (χ2n) is 6.16. The van der Waals surface area contributed by atoms with Crippen molar-refractivity contribution in [3.8, 4) is 0 Å². The predicted octanol–water partition coefficient (Wildman–Crippen LogP) is 1.86. The van der Waals surface area contributed by atoms with Crippen molar-refractivity contribution in [3.05, 3.63) is 11.7 Å². The van der Waals surface area contributed by atoms with E-state index in [0.29, 0.717) is 17.8 Å². The molecule has 0 amide bonds. The van der Waals surface area contributed by atoms with Gasteiger partial charge >= 0.3 is 0 Å². The lowest BCUT2D eigenvalue weighted by atomic mass is 9.94. The zero-order valence-corrected chi connectivity index (χ0v) is 11.9. The number of aryl methyl sites for hydroxylation is 1. The smallest absolute Gasteiger partial charge is 0.227 e. The summed E-state index contributed by atoms with van der Waals surface area (Å²) in [4.78, 5) is 4.19. The lowest BCUT2D eigenvalue weighted by Gasteiger charge is -2.27.